The molecule has 3 N–H and O–H groups in total. The second kappa shape index (κ2) is 4.65. The van der Waals surface area contributed by atoms with Crippen molar-refractivity contribution in [2.75, 3.05) is 11.4 Å². The Bertz CT molecular complexity index is 571. The van der Waals surface area contributed by atoms with E-state index in [2.05, 4.69) is 0 Å². The lowest BCUT2D eigenvalue weighted by molar-refractivity contribution is -0.384. The van der Waals surface area contributed by atoms with Crippen LogP contribution in [-0.2, 0) is 4.79 Å². The number of non-ortho nitro benzene ring substituents is 1. The number of nitro benzene ring substituents is 1. The molecule has 1 amide bonds. The van der Waals surface area contributed by atoms with Crippen molar-refractivity contribution < 1.29 is 19.6 Å². The highest BCUT2D eigenvalue weighted by Crippen LogP contribution is 2.28. The van der Waals surface area contributed by atoms with E-state index in [9.17, 15) is 19.7 Å². The Morgan fingerprint density at radius 1 is 1.53 bits per heavy atom. The van der Waals surface area contributed by atoms with Gasteiger partial charge in [-0.05, 0) is 6.07 Å². The third-order valence-electron chi connectivity index (χ3n) is 2.87. The van der Waals surface area contributed by atoms with Crippen molar-refractivity contribution in [3.8, 4) is 0 Å². The van der Waals surface area contributed by atoms with Gasteiger partial charge in [0.15, 0.2) is 0 Å². The molecule has 1 fully saturated rings. The fraction of sp³-hybridized carbons (Fsp3) is 0.273. The minimum Gasteiger partial charge on any atom is -0.478 e. The highest BCUT2D eigenvalue weighted by molar-refractivity contribution is 6.03. The predicted molar refractivity (Wildman–Crippen MR) is 65.0 cm³/mol. The number of rotatable bonds is 3. The highest BCUT2D eigenvalue weighted by Gasteiger charge is 2.31. The van der Waals surface area contributed by atoms with E-state index >= 15 is 0 Å². The fourth-order valence-electron chi connectivity index (χ4n) is 2.01. The number of carbonyl (C=O) groups is 2. The molecule has 8 nitrogen and oxygen atoms in total. The van der Waals surface area contributed by atoms with Crippen LogP contribution in [0.5, 0.6) is 0 Å². The number of nitrogens with two attached hydrogens (primary N) is 1. The van der Waals surface area contributed by atoms with Gasteiger partial charge in [0.1, 0.15) is 0 Å². The molecule has 0 saturated carbocycles. The molecule has 1 saturated heterocycles. The molecular weight excluding hydrogens is 254 g/mol. The van der Waals surface area contributed by atoms with Gasteiger partial charge in [-0.1, -0.05) is 0 Å². The van der Waals surface area contributed by atoms with Gasteiger partial charge in [-0.3, -0.25) is 14.9 Å². The summed E-state index contributed by atoms with van der Waals surface area (Å²) in [4.78, 5) is 34.0. The summed E-state index contributed by atoms with van der Waals surface area (Å²) >= 11 is 0. The fourth-order valence-corrected chi connectivity index (χ4v) is 2.01. The van der Waals surface area contributed by atoms with E-state index in [1.165, 1.54) is 17.0 Å². The smallest absolute Gasteiger partial charge is 0.338 e. The largest absolute Gasteiger partial charge is 0.478 e. The zero-order chi connectivity index (χ0) is 14.2. The normalized spacial score (nSPS) is 18.7. The molecule has 19 heavy (non-hydrogen) atoms. The molecule has 8 heteroatoms. The van der Waals surface area contributed by atoms with Gasteiger partial charge in [-0.15, -0.1) is 0 Å². The number of hydrogen-bond acceptors (Lipinski definition) is 5. The van der Waals surface area contributed by atoms with Crippen molar-refractivity contribution in [3.05, 3.63) is 33.9 Å². The maximum atomic E-state index is 11.7. The lowest BCUT2D eigenvalue weighted by Gasteiger charge is -2.18. The predicted octanol–water partition coefficient (Wildman–Crippen LogP) is 0.357. The minimum atomic E-state index is -1.33. The van der Waals surface area contributed by atoms with Crippen molar-refractivity contribution in [2.24, 2.45) is 5.73 Å². The van der Waals surface area contributed by atoms with E-state index in [-0.39, 0.29) is 41.9 Å². The van der Waals surface area contributed by atoms with Crippen molar-refractivity contribution in [1.82, 2.24) is 0 Å². The second-order valence-corrected chi connectivity index (χ2v) is 4.23. The van der Waals surface area contributed by atoms with Gasteiger partial charge in [-0.25, -0.2) is 4.79 Å². The zero-order valence-electron chi connectivity index (χ0n) is 9.78. The molecule has 1 heterocycles. The van der Waals surface area contributed by atoms with Gasteiger partial charge in [0.2, 0.25) is 5.91 Å². The molecule has 0 bridgehead atoms. The van der Waals surface area contributed by atoms with Crippen LogP contribution in [0.25, 0.3) is 0 Å². The lowest BCUT2D eigenvalue weighted by Crippen LogP contribution is -2.29. The van der Waals surface area contributed by atoms with Crippen molar-refractivity contribution >= 4 is 23.3 Å². The lowest BCUT2D eigenvalue weighted by atomic mass is 10.1. The maximum absolute atomic E-state index is 11.7. The van der Waals surface area contributed by atoms with E-state index < -0.39 is 10.9 Å². The molecule has 1 atom stereocenters. The molecule has 0 spiro atoms. The summed E-state index contributed by atoms with van der Waals surface area (Å²) in [6.07, 6.45) is 0.135. The summed E-state index contributed by atoms with van der Waals surface area (Å²) in [7, 11) is 0. The minimum absolute atomic E-state index is 0.135. The Morgan fingerprint density at radius 2 is 2.21 bits per heavy atom. The van der Waals surface area contributed by atoms with Crippen molar-refractivity contribution in [2.45, 2.75) is 12.5 Å². The number of aromatic carboxylic acids is 1. The van der Waals surface area contributed by atoms with Crippen LogP contribution in [0.4, 0.5) is 11.4 Å². The standard InChI is InChI=1S/C11H11N3O5/c12-6-3-10(15)13(5-6)9-2-1-7(14(18)19)4-8(9)11(16)17/h1-2,4,6H,3,5,12H2,(H,16,17). The molecule has 1 aromatic carbocycles. The van der Waals surface area contributed by atoms with Crippen LogP contribution in [0.2, 0.25) is 0 Å². The van der Waals surface area contributed by atoms with Gasteiger partial charge >= 0.3 is 5.97 Å². The topological polar surface area (TPSA) is 127 Å². The molecule has 0 radical (unpaired) electrons. The van der Waals surface area contributed by atoms with Gasteiger partial charge < -0.3 is 15.7 Å². The van der Waals surface area contributed by atoms with E-state index in [4.69, 9.17) is 10.8 Å². The molecular formula is C11H11N3O5. The van der Waals surface area contributed by atoms with Crippen LogP contribution in [0.3, 0.4) is 0 Å². The van der Waals surface area contributed by atoms with Gasteiger partial charge in [0, 0.05) is 31.1 Å². The van der Waals surface area contributed by atoms with Crippen LogP contribution < -0.4 is 10.6 Å². The van der Waals surface area contributed by atoms with Crippen LogP contribution in [0.15, 0.2) is 18.2 Å². The number of benzene rings is 1. The number of amides is 1. The zero-order valence-corrected chi connectivity index (χ0v) is 9.78. The molecule has 0 aromatic heterocycles. The van der Waals surface area contributed by atoms with E-state index in [0.717, 1.165) is 6.07 Å². The Balaban J connectivity index is 2.48. The van der Waals surface area contributed by atoms with E-state index in [1.807, 2.05) is 0 Å². The first kappa shape index (κ1) is 13.0. The molecule has 1 aliphatic rings. The Kier molecular flexibility index (Phi) is 3.17. The first-order chi connectivity index (χ1) is 8.90. The Morgan fingerprint density at radius 3 is 2.68 bits per heavy atom. The number of nitrogens with zero attached hydrogens (tertiary/aromatic N) is 2. The molecule has 100 valence electrons. The van der Waals surface area contributed by atoms with Gasteiger partial charge in [-0.2, -0.15) is 0 Å². The molecule has 2 rings (SSSR count). The SMILES string of the molecule is NC1CC(=O)N(c2ccc([N+](=O)[O-])cc2C(=O)O)C1. The number of carbonyl (C=O) groups excluding carboxylic acids is 1. The van der Waals surface area contributed by atoms with Crippen LogP contribution in [0.1, 0.15) is 16.8 Å². The quantitative estimate of drug-likeness (QED) is 0.600. The summed E-state index contributed by atoms with van der Waals surface area (Å²) in [5, 5.41) is 19.7. The number of hydrogen-bond donors (Lipinski definition) is 2. The van der Waals surface area contributed by atoms with Crippen LogP contribution in [-0.4, -0.2) is 34.5 Å². The first-order valence-corrected chi connectivity index (χ1v) is 5.48. The van der Waals surface area contributed by atoms with Crippen molar-refractivity contribution in [3.63, 3.8) is 0 Å². The highest BCUT2D eigenvalue weighted by atomic mass is 16.6. The summed E-state index contributed by atoms with van der Waals surface area (Å²) in [5.41, 5.74) is 5.16. The molecule has 0 aliphatic carbocycles. The van der Waals surface area contributed by atoms with Crippen molar-refractivity contribution in [1.29, 1.82) is 0 Å². The monoisotopic (exact) mass is 265 g/mol. The Labute approximate surface area is 107 Å². The maximum Gasteiger partial charge on any atom is 0.338 e. The van der Waals surface area contributed by atoms with Gasteiger partial charge in [0.25, 0.3) is 5.69 Å². The van der Waals surface area contributed by atoms with Crippen LogP contribution >= 0.6 is 0 Å². The summed E-state index contributed by atoms with van der Waals surface area (Å²) in [5.74, 6) is -1.61. The first-order valence-electron chi connectivity index (χ1n) is 5.48. The number of carboxylic acids is 1. The average molecular weight is 265 g/mol. The summed E-state index contributed by atoms with van der Waals surface area (Å²) in [6, 6.07) is 3.01. The average Bonchev–Trinajstić information content (AvgIpc) is 2.67. The molecule has 1 unspecified atom stereocenters. The third-order valence-corrected chi connectivity index (χ3v) is 2.87. The number of nitro groups is 1. The third kappa shape index (κ3) is 2.38. The second-order valence-electron chi connectivity index (χ2n) is 4.23. The number of anilines is 1. The van der Waals surface area contributed by atoms with E-state index in [0.29, 0.717) is 0 Å². The Hall–Kier alpha value is -2.48. The van der Waals surface area contributed by atoms with Gasteiger partial charge in [0.05, 0.1) is 16.2 Å². The van der Waals surface area contributed by atoms with E-state index in [1.54, 1.807) is 0 Å². The molecule has 1 aromatic rings. The summed E-state index contributed by atoms with van der Waals surface area (Å²) in [6.45, 7) is 0.205. The summed E-state index contributed by atoms with van der Waals surface area (Å²) < 4.78 is 0. The van der Waals surface area contributed by atoms with Crippen LogP contribution in [0, 0.1) is 10.1 Å². The molecule has 1 aliphatic heterocycles. The number of carboxylic acid groups (broad SMARTS) is 1.